The molecule has 4 aliphatic rings. The molecule has 4 aliphatic carbocycles. The third kappa shape index (κ3) is 2.03. The van der Waals surface area contributed by atoms with Crippen molar-refractivity contribution in [1.82, 2.24) is 0 Å². The molecule has 0 aromatic heterocycles. The molecule has 4 heteroatoms. The number of fused-ring (bicyclic) bond motifs is 3. The lowest BCUT2D eigenvalue weighted by molar-refractivity contribution is 0.489. The zero-order chi connectivity index (χ0) is 18.8. The Bertz CT molecular complexity index is 1030. The molecule has 1 aromatic carbocycles. The van der Waals surface area contributed by atoms with Crippen LogP contribution in [0.5, 0.6) is 0 Å². The number of hydrogen-bond donors (Lipinski definition) is 0. The molecule has 2 atom stereocenters. The Morgan fingerprint density at radius 2 is 1.67 bits per heavy atom. The fourth-order valence-corrected chi connectivity index (χ4v) is 4.89. The van der Waals surface area contributed by atoms with Crippen LogP contribution >= 0.6 is 0 Å². The van der Waals surface area contributed by atoms with E-state index in [1.807, 2.05) is 24.3 Å². The summed E-state index contributed by atoms with van der Waals surface area (Å²) in [5.41, 5.74) is 3.36. The van der Waals surface area contributed by atoms with Gasteiger partial charge < -0.3 is 0 Å². The van der Waals surface area contributed by atoms with Crippen LogP contribution in [-0.2, 0) is 0 Å². The maximum absolute atomic E-state index is 10.0. The average molecular weight is 350 g/mol. The second-order valence-corrected chi connectivity index (χ2v) is 8.06. The lowest BCUT2D eigenvalue weighted by Gasteiger charge is -2.22. The Kier molecular flexibility index (Phi) is 3.22. The van der Waals surface area contributed by atoms with Crippen molar-refractivity contribution >= 4 is 11.3 Å². The van der Waals surface area contributed by atoms with E-state index in [9.17, 15) is 15.8 Å². The van der Waals surface area contributed by atoms with Crippen molar-refractivity contribution in [3.05, 3.63) is 53.2 Å². The standard InChI is InChI=1S/C23H18N4/c1-13-16-4-2-3-5-17(16)20-19(13)22(18(10-24)23(20,11-25)12-26)27-21(14-6-7-14)15-8-9-15/h2-5,14-15,19-20H,1,6-9H2. The van der Waals surface area contributed by atoms with E-state index >= 15 is 0 Å². The molecule has 0 amide bonds. The minimum Gasteiger partial charge on any atom is -0.260 e. The van der Waals surface area contributed by atoms with Crippen molar-refractivity contribution in [3.8, 4) is 18.2 Å². The maximum atomic E-state index is 10.0. The van der Waals surface area contributed by atoms with E-state index in [0.29, 0.717) is 17.5 Å². The number of aliphatic imine (C=N–C) groups is 1. The SMILES string of the molecule is C=C1c2ccccc2C2C1C(N=C(C1CC1)C1CC1)=C(C#N)C2(C#N)C#N. The summed E-state index contributed by atoms with van der Waals surface area (Å²) in [5.74, 6) is 0.368. The van der Waals surface area contributed by atoms with Gasteiger partial charge in [-0.25, -0.2) is 0 Å². The summed E-state index contributed by atoms with van der Waals surface area (Å²) in [4.78, 5) is 5.03. The van der Waals surface area contributed by atoms with Crippen LogP contribution in [0.3, 0.4) is 0 Å². The molecule has 2 unspecified atom stereocenters. The van der Waals surface area contributed by atoms with Crippen molar-refractivity contribution in [2.75, 3.05) is 0 Å². The van der Waals surface area contributed by atoms with Gasteiger partial charge in [-0.3, -0.25) is 4.99 Å². The van der Waals surface area contributed by atoms with Gasteiger partial charge in [0.25, 0.3) is 0 Å². The molecule has 0 radical (unpaired) electrons. The molecule has 0 aliphatic heterocycles. The number of nitriles is 3. The van der Waals surface area contributed by atoms with Crippen molar-refractivity contribution in [1.29, 1.82) is 15.8 Å². The van der Waals surface area contributed by atoms with E-state index in [1.165, 1.54) is 5.71 Å². The van der Waals surface area contributed by atoms with Crippen LogP contribution < -0.4 is 0 Å². The maximum Gasteiger partial charge on any atom is 0.187 e. The predicted octanol–water partition coefficient (Wildman–Crippen LogP) is 4.50. The van der Waals surface area contributed by atoms with Gasteiger partial charge in [-0.1, -0.05) is 30.8 Å². The third-order valence-corrected chi connectivity index (χ3v) is 6.47. The lowest BCUT2D eigenvalue weighted by Crippen LogP contribution is -2.24. The average Bonchev–Trinajstić information content (AvgIpc) is 3.62. The molecule has 2 fully saturated rings. The molecule has 1 aromatic rings. The fraction of sp³-hybridized carbons (Fsp3) is 0.391. The molecule has 0 heterocycles. The Hall–Kier alpha value is -3.16. The van der Waals surface area contributed by atoms with Crippen molar-refractivity contribution in [3.63, 3.8) is 0 Å². The van der Waals surface area contributed by atoms with Crippen LogP contribution in [0.4, 0.5) is 0 Å². The number of allylic oxidation sites excluding steroid dienone is 2. The molecule has 0 saturated heterocycles. The predicted molar refractivity (Wildman–Crippen MR) is 101 cm³/mol. The van der Waals surface area contributed by atoms with Crippen LogP contribution in [0.15, 0.2) is 47.1 Å². The first-order valence-electron chi connectivity index (χ1n) is 9.50. The summed E-state index contributed by atoms with van der Waals surface area (Å²) in [6, 6.07) is 14.4. The van der Waals surface area contributed by atoms with Crippen LogP contribution in [0, 0.1) is 57.2 Å². The summed E-state index contributed by atoms with van der Waals surface area (Å²) in [5, 5.41) is 30.0. The summed E-state index contributed by atoms with van der Waals surface area (Å²) < 4.78 is 0. The van der Waals surface area contributed by atoms with Crippen LogP contribution in [0.1, 0.15) is 42.7 Å². The molecular weight excluding hydrogens is 332 g/mol. The van der Waals surface area contributed by atoms with Crippen LogP contribution in [-0.4, -0.2) is 5.71 Å². The van der Waals surface area contributed by atoms with E-state index in [2.05, 4.69) is 24.8 Å². The Labute approximate surface area is 158 Å². The van der Waals surface area contributed by atoms with E-state index < -0.39 is 11.3 Å². The quantitative estimate of drug-likeness (QED) is 0.752. The molecule has 2 saturated carbocycles. The normalized spacial score (nSPS) is 27.2. The lowest BCUT2D eigenvalue weighted by atomic mass is 9.72. The molecule has 5 rings (SSSR count). The number of rotatable bonds is 3. The highest BCUT2D eigenvalue weighted by Crippen LogP contribution is 2.64. The fourth-order valence-electron chi connectivity index (χ4n) is 4.89. The van der Waals surface area contributed by atoms with E-state index in [-0.39, 0.29) is 11.5 Å². The molecule has 4 nitrogen and oxygen atoms in total. The van der Waals surface area contributed by atoms with Gasteiger partial charge in [0.1, 0.15) is 0 Å². The second-order valence-electron chi connectivity index (χ2n) is 8.06. The summed E-state index contributed by atoms with van der Waals surface area (Å²) in [6.07, 6.45) is 4.62. The second kappa shape index (κ2) is 5.42. The van der Waals surface area contributed by atoms with Gasteiger partial charge in [-0.2, -0.15) is 15.8 Å². The topological polar surface area (TPSA) is 83.7 Å². The molecule has 0 spiro atoms. The number of benzene rings is 1. The highest BCUT2D eigenvalue weighted by molar-refractivity contribution is 5.94. The van der Waals surface area contributed by atoms with Gasteiger partial charge in [0.15, 0.2) is 5.41 Å². The van der Waals surface area contributed by atoms with Crippen molar-refractivity contribution in [2.45, 2.75) is 31.6 Å². The summed E-state index contributed by atoms with van der Waals surface area (Å²) >= 11 is 0. The van der Waals surface area contributed by atoms with Gasteiger partial charge >= 0.3 is 0 Å². The van der Waals surface area contributed by atoms with E-state index in [0.717, 1.165) is 42.4 Å². The van der Waals surface area contributed by atoms with Gasteiger partial charge in [0.2, 0.25) is 0 Å². The Morgan fingerprint density at radius 1 is 1.04 bits per heavy atom. The Morgan fingerprint density at radius 3 is 2.22 bits per heavy atom. The number of hydrogen-bond acceptors (Lipinski definition) is 4. The largest absolute Gasteiger partial charge is 0.260 e. The molecule has 27 heavy (non-hydrogen) atoms. The van der Waals surface area contributed by atoms with Crippen molar-refractivity contribution < 1.29 is 0 Å². The van der Waals surface area contributed by atoms with E-state index in [1.54, 1.807) is 0 Å². The first kappa shape index (κ1) is 16.0. The minimum absolute atomic E-state index is 0.233. The minimum atomic E-state index is -1.49. The highest BCUT2D eigenvalue weighted by atomic mass is 14.9. The highest BCUT2D eigenvalue weighted by Gasteiger charge is 2.60. The van der Waals surface area contributed by atoms with Gasteiger partial charge in [0, 0.05) is 17.5 Å². The van der Waals surface area contributed by atoms with Gasteiger partial charge in [0.05, 0.1) is 29.5 Å². The molecule has 130 valence electrons. The monoisotopic (exact) mass is 350 g/mol. The zero-order valence-electron chi connectivity index (χ0n) is 14.9. The van der Waals surface area contributed by atoms with Gasteiger partial charge in [-0.15, -0.1) is 0 Å². The first-order chi connectivity index (χ1) is 13.2. The van der Waals surface area contributed by atoms with Crippen LogP contribution in [0.2, 0.25) is 0 Å². The van der Waals surface area contributed by atoms with Gasteiger partial charge in [-0.05, 0) is 54.2 Å². The molecule has 0 bridgehead atoms. The van der Waals surface area contributed by atoms with E-state index in [4.69, 9.17) is 4.99 Å². The molecular formula is C23H18N4. The molecule has 0 N–H and O–H groups in total. The summed E-state index contributed by atoms with van der Waals surface area (Å²) in [7, 11) is 0. The smallest absolute Gasteiger partial charge is 0.187 e. The third-order valence-electron chi connectivity index (χ3n) is 6.47. The number of nitrogens with zero attached hydrogens (tertiary/aromatic N) is 4. The first-order valence-corrected chi connectivity index (χ1v) is 9.50. The summed E-state index contributed by atoms with van der Waals surface area (Å²) in [6.45, 7) is 4.29. The van der Waals surface area contributed by atoms with Crippen LogP contribution in [0.25, 0.3) is 5.57 Å². The Balaban J connectivity index is 1.76. The zero-order valence-corrected chi connectivity index (χ0v) is 14.9. The van der Waals surface area contributed by atoms with Crippen molar-refractivity contribution in [2.24, 2.45) is 28.2 Å².